The number of rotatable bonds is 28. The zero-order chi connectivity index (χ0) is 30.2. The minimum absolute atomic E-state index is 0.00227. The normalized spacial score (nSPS) is 14.5. The van der Waals surface area contributed by atoms with Crippen molar-refractivity contribution in [2.75, 3.05) is 20.3 Å². The van der Waals surface area contributed by atoms with E-state index in [4.69, 9.17) is 13.8 Å². The van der Waals surface area contributed by atoms with E-state index in [-0.39, 0.29) is 24.7 Å². The molecule has 1 aromatic rings. The van der Waals surface area contributed by atoms with Gasteiger partial charge >= 0.3 is 7.82 Å². The molecule has 0 radical (unpaired) electrons. The molecular formula is C33H60NO6P. The van der Waals surface area contributed by atoms with Crippen molar-refractivity contribution in [1.29, 1.82) is 0 Å². The van der Waals surface area contributed by atoms with Crippen molar-refractivity contribution in [2.45, 2.75) is 143 Å². The molecule has 2 N–H and O–H groups in total. The average Bonchev–Trinajstić information content (AvgIpc) is 2.93. The van der Waals surface area contributed by atoms with Crippen molar-refractivity contribution in [3.8, 4) is 5.75 Å². The summed E-state index contributed by atoms with van der Waals surface area (Å²) in [7, 11) is -2.61. The Hall–Kier alpha value is -1.24. The Bertz CT molecular complexity index is 836. The van der Waals surface area contributed by atoms with Gasteiger partial charge in [0.05, 0.1) is 13.2 Å². The van der Waals surface area contributed by atoms with Crippen LogP contribution in [0, 0.1) is 5.92 Å². The first-order valence-electron chi connectivity index (χ1n) is 16.3. The van der Waals surface area contributed by atoms with E-state index in [1.165, 1.54) is 96.8 Å². The lowest BCUT2D eigenvalue weighted by atomic mass is 9.95. The lowest BCUT2D eigenvalue weighted by Gasteiger charge is -2.21. The molecule has 0 aliphatic carbocycles. The quantitative estimate of drug-likeness (QED) is 0.0565. The summed E-state index contributed by atoms with van der Waals surface area (Å²) in [6.07, 6.45) is 21.5. The number of Topliss-reactive ketones (excluding diaryl/α,β-unsaturated/α-hetero) is 1. The number of hydrogen-bond acceptors (Lipinski definition) is 6. The number of ketones is 1. The topological polar surface area (TPSA) is 94.1 Å². The van der Waals surface area contributed by atoms with E-state index in [1.54, 1.807) is 14.0 Å². The first kappa shape index (κ1) is 37.8. The number of phosphoric acid groups is 1. The van der Waals surface area contributed by atoms with Crippen molar-refractivity contribution in [3.63, 3.8) is 0 Å². The monoisotopic (exact) mass is 597 g/mol. The Morgan fingerprint density at radius 1 is 0.878 bits per heavy atom. The summed E-state index contributed by atoms with van der Waals surface area (Å²) in [4.78, 5) is 21.9. The van der Waals surface area contributed by atoms with Crippen LogP contribution in [-0.4, -0.2) is 37.2 Å². The summed E-state index contributed by atoms with van der Waals surface area (Å²) < 4.78 is 28.6. The third-order valence-corrected chi connectivity index (χ3v) is 8.54. The molecule has 0 heterocycles. The van der Waals surface area contributed by atoms with E-state index in [9.17, 15) is 14.3 Å². The second kappa shape index (κ2) is 24.2. The molecule has 1 rings (SSSR count). The van der Waals surface area contributed by atoms with Gasteiger partial charge in [-0.25, -0.2) is 4.57 Å². The first-order chi connectivity index (χ1) is 19.8. The zero-order valence-corrected chi connectivity index (χ0v) is 27.4. The van der Waals surface area contributed by atoms with Crippen LogP contribution in [-0.2, 0) is 24.8 Å². The molecule has 0 aliphatic heterocycles. The minimum atomic E-state index is -4.23. The van der Waals surface area contributed by atoms with Crippen LogP contribution in [0.15, 0.2) is 24.3 Å². The molecule has 8 heteroatoms. The van der Waals surface area contributed by atoms with Gasteiger partial charge in [-0.05, 0) is 51.3 Å². The first-order valence-corrected chi connectivity index (χ1v) is 17.8. The van der Waals surface area contributed by atoms with Crippen LogP contribution >= 0.6 is 7.82 Å². The van der Waals surface area contributed by atoms with Crippen molar-refractivity contribution in [2.24, 2.45) is 5.92 Å². The van der Waals surface area contributed by atoms with Crippen molar-refractivity contribution >= 4 is 13.6 Å². The number of nitrogens with one attached hydrogen (secondary N) is 1. The van der Waals surface area contributed by atoms with Crippen LogP contribution in [0.1, 0.15) is 135 Å². The maximum absolute atomic E-state index is 12.2. The molecule has 41 heavy (non-hydrogen) atoms. The van der Waals surface area contributed by atoms with E-state index in [0.717, 1.165) is 24.2 Å². The second-order valence-corrected chi connectivity index (χ2v) is 12.9. The molecule has 3 unspecified atom stereocenters. The standard InChI is InChI=1S/C33H60NO6P/c1-5-6-7-8-9-10-11-12-13-14-15-16-17-18-19-22-25-38-33-24-21-20-23-32(33)27-31(26-29(2)35)28-39-41(36,37)40-30(3)34-4/h20-21,23-24,30-31,34H,5-19,22,25-28H2,1-4H3,(H,36,37). The van der Waals surface area contributed by atoms with Crippen LogP contribution in [0.3, 0.4) is 0 Å². The van der Waals surface area contributed by atoms with E-state index < -0.39 is 14.1 Å². The number of carbonyl (C=O) groups is 1. The molecule has 7 nitrogen and oxygen atoms in total. The van der Waals surface area contributed by atoms with Gasteiger partial charge in [-0.1, -0.05) is 121 Å². The Balaban J connectivity index is 2.25. The molecule has 1 aromatic carbocycles. The fourth-order valence-corrected chi connectivity index (χ4v) is 6.00. The highest BCUT2D eigenvalue weighted by molar-refractivity contribution is 7.47. The molecule has 0 amide bonds. The van der Waals surface area contributed by atoms with Gasteiger partial charge < -0.3 is 14.4 Å². The smallest absolute Gasteiger partial charge is 0.473 e. The summed E-state index contributed by atoms with van der Waals surface area (Å²) >= 11 is 0. The molecule has 0 aromatic heterocycles. The highest BCUT2D eigenvalue weighted by Crippen LogP contribution is 2.45. The molecule has 238 valence electrons. The van der Waals surface area contributed by atoms with Crippen molar-refractivity contribution < 1.29 is 28.0 Å². The van der Waals surface area contributed by atoms with Crippen LogP contribution in [0.4, 0.5) is 0 Å². The third kappa shape index (κ3) is 21.2. The van der Waals surface area contributed by atoms with Gasteiger partial charge in [-0.15, -0.1) is 0 Å². The molecule has 0 saturated carbocycles. The lowest BCUT2D eigenvalue weighted by molar-refractivity contribution is -0.118. The number of para-hydroxylation sites is 1. The maximum Gasteiger partial charge on any atom is 0.473 e. The summed E-state index contributed by atoms with van der Waals surface area (Å²) in [5, 5.41) is 2.74. The molecular weight excluding hydrogens is 537 g/mol. The summed E-state index contributed by atoms with van der Waals surface area (Å²) in [6.45, 7) is 6.01. The molecule has 0 aliphatic rings. The average molecular weight is 598 g/mol. The largest absolute Gasteiger partial charge is 0.493 e. The van der Waals surface area contributed by atoms with Gasteiger partial charge in [-0.2, -0.15) is 0 Å². The molecule has 0 spiro atoms. The van der Waals surface area contributed by atoms with Gasteiger partial charge in [0.15, 0.2) is 0 Å². The van der Waals surface area contributed by atoms with Crippen LogP contribution in [0.5, 0.6) is 5.75 Å². The van der Waals surface area contributed by atoms with Crippen LogP contribution in [0.2, 0.25) is 0 Å². The number of ether oxygens (including phenoxy) is 1. The van der Waals surface area contributed by atoms with Crippen molar-refractivity contribution in [3.05, 3.63) is 29.8 Å². The Kier molecular flexibility index (Phi) is 22.3. The van der Waals surface area contributed by atoms with Gasteiger partial charge in [0.1, 0.15) is 17.8 Å². The third-order valence-electron chi connectivity index (χ3n) is 7.48. The van der Waals surface area contributed by atoms with Gasteiger partial charge in [0.25, 0.3) is 0 Å². The zero-order valence-electron chi connectivity index (χ0n) is 26.5. The van der Waals surface area contributed by atoms with Crippen LogP contribution < -0.4 is 10.1 Å². The minimum Gasteiger partial charge on any atom is -0.493 e. The lowest BCUT2D eigenvalue weighted by Crippen LogP contribution is -2.24. The maximum atomic E-state index is 12.2. The van der Waals surface area contributed by atoms with E-state index in [1.807, 2.05) is 24.3 Å². The molecule has 3 atom stereocenters. The SMILES string of the molecule is CCCCCCCCCCCCCCCCCCOc1ccccc1CC(COP(=O)(O)OC(C)NC)CC(C)=O. The Labute approximate surface area is 251 Å². The highest BCUT2D eigenvalue weighted by Gasteiger charge is 2.26. The predicted octanol–water partition coefficient (Wildman–Crippen LogP) is 9.16. The van der Waals surface area contributed by atoms with E-state index >= 15 is 0 Å². The summed E-state index contributed by atoms with van der Waals surface area (Å²) in [6, 6.07) is 7.81. The highest BCUT2D eigenvalue weighted by atomic mass is 31.2. The van der Waals surface area contributed by atoms with Gasteiger partial charge in [0, 0.05) is 6.42 Å². The predicted molar refractivity (Wildman–Crippen MR) is 169 cm³/mol. The summed E-state index contributed by atoms with van der Waals surface area (Å²) in [5.41, 5.74) is 0.969. The van der Waals surface area contributed by atoms with Crippen molar-refractivity contribution in [1.82, 2.24) is 5.32 Å². The number of carbonyl (C=O) groups excluding carboxylic acids is 1. The molecule has 0 fully saturated rings. The fourth-order valence-electron chi connectivity index (χ4n) is 5.04. The number of benzene rings is 1. The Morgan fingerprint density at radius 3 is 1.90 bits per heavy atom. The van der Waals surface area contributed by atoms with E-state index in [0.29, 0.717) is 13.0 Å². The molecule has 0 bridgehead atoms. The van der Waals surface area contributed by atoms with Gasteiger partial charge in [-0.3, -0.25) is 14.4 Å². The van der Waals surface area contributed by atoms with Gasteiger partial charge in [0.2, 0.25) is 0 Å². The Morgan fingerprint density at radius 2 is 1.39 bits per heavy atom. The number of phosphoric ester groups is 1. The second-order valence-electron chi connectivity index (χ2n) is 11.5. The summed E-state index contributed by atoms with van der Waals surface area (Å²) in [5.74, 6) is 0.540. The van der Waals surface area contributed by atoms with Crippen LogP contribution in [0.25, 0.3) is 0 Å². The number of unbranched alkanes of at least 4 members (excludes halogenated alkanes) is 15. The molecule has 0 saturated heterocycles. The fraction of sp³-hybridized carbons (Fsp3) is 0.788. The van der Waals surface area contributed by atoms with E-state index in [2.05, 4.69) is 12.2 Å². The number of hydrogen-bond donors (Lipinski definition) is 2.